The zero-order valence-corrected chi connectivity index (χ0v) is 25.2. The summed E-state index contributed by atoms with van der Waals surface area (Å²) in [6.45, 7) is 5.19. The third kappa shape index (κ3) is 6.53. The van der Waals surface area contributed by atoms with Crippen molar-refractivity contribution >= 4 is 34.5 Å². The standard InChI is InChI=1S/C37H38N4O3/c1-25(28-12-9-13-31(22-28)44-2)38-36(42)29-16-19-33-32(23-29)34(37(43)40-33)35(27-10-5-3-6-11-27)39-30-17-14-26(15-18-30)24-41-20-7-4-8-21-41/h3,5-6,9-19,22-23,25,39H,4,7-8,20-21,24H2,1-2H3,(H,38,42)(H,40,43)/b35-34-/t25-/m1/s1. The van der Waals surface area contributed by atoms with E-state index in [-0.39, 0.29) is 17.9 Å². The van der Waals surface area contributed by atoms with Crippen molar-refractivity contribution in [2.75, 3.05) is 30.8 Å². The highest BCUT2D eigenvalue weighted by Gasteiger charge is 2.29. The third-order valence-corrected chi connectivity index (χ3v) is 8.36. The molecule has 2 amide bonds. The molecule has 0 bridgehead atoms. The lowest BCUT2D eigenvalue weighted by molar-refractivity contribution is -0.110. The van der Waals surface area contributed by atoms with E-state index in [0.29, 0.717) is 28.1 Å². The molecule has 7 heteroatoms. The number of hydrogen-bond donors (Lipinski definition) is 3. The normalized spacial score (nSPS) is 16.5. The number of benzene rings is 4. The van der Waals surface area contributed by atoms with Crippen LogP contribution in [-0.4, -0.2) is 36.9 Å². The molecule has 2 aliphatic rings. The van der Waals surface area contributed by atoms with Crippen molar-refractivity contribution in [2.24, 2.45) is 0 Å². The van der Waals surface area contributed by atoms with Gasteiger partial charge in [-0.2, -0.15) is 0 Å². The van der Waals surface area contributed by atoms with Gasteiger partial charge < -0.3 is 20.7 Å². The largest absolute Gasteiger partial charge is 0.497 e. The zero-order chi connectivity index (χ0) is 30.5. The van der Waals surface area contributed by atoms with E-state index in [4.69, 9.17) is 4.74 Å². The van der Waals surface area contributed by atoms with Crippen molar-refractivity contribution in [3.63, 3.8) is 0 Å². The minimum atomic E-state index is -0.236. The number of methoxy groups -OCH3 is 1. The van der Waals surface area contributed by atoms with Gasteiger partial charge in [0.25, 0.3) is 11.8 Å². The Labute approximate surface area is 258 Å². The molecule has 0 aromatic heterocycles. The lowest BCUT2D eigenvalue weighted by Gasteiger charge is -2.26. The number of anilines is 2. The second-order valence-corrected chi connectivity index (χ2v) is 11.5. The Bertz CT molecular complexity index is 1680. The Morgan fingerprint density at radius 2 is 1.66 bits per heavy atom. The maximum atomic E-state index is 13.5. The average molecular weight is 587 g/mol. The molecule has 0 spiro atoms. The number of fused-ring (bicyclic) bond motifs is 1. The molecule has 3 N–H and O–H groups in total. The second kappa shape index (κ2) is 13.2. The van der Waals surface area contributed by atoms with Crippen molar-refractivity contribution in [2.45, 2.75) is 38.8 Å². The van der Waals surface area contributed by atoms with Crippen molar-refractivity contribution in [1.29, 1.82) is 0 Å². The van der Waals surface area contributed by atoms with Crippen LogP contribution in [-0.2, 0) is 11.3 Å². The Morgan fingerprint density at radius 1 is 0.886 bits per heavy atom. The SMILES string of the molecule is COc1cccc([C@@H](C)NC(=O)c2ccc3c(c2)/C(=C(/Nc2ccc(CN4CCCCC4)cc2)c2ccccc2)C(=O)N3)c1. The predicted molar refractivity (Wildman–Crippen MR) is 176 cm³/mol. The lowest BCUT2D eigenvalue weighted by atomic mass is 9.98. The first-order valence-electron chi connectivity index (χ1n) is 15.3. The molecule has 2 aliphatic heterocycles. The van der Waals surface area contributed by atoms with Crippen LogP contribution in [0, 0.1) is 0 Å². The molecule has 1 atom stereocenters. The van der Waals surface area contributed by atoms with Crippen LogP contribution in [0.15, 0.2) is 97.1 Å². The Kier molecular flexibility index (Phi) is 8.75. The van der Waals surface area contributed by atoms with E-state index in [0.717, 1.165) is 42.2 Å². The van der Waals surface area contributed by atoms with Crippen LogP contribution in [0.1, 0.15) is 64.8 Å². The van der Waals surface area contributed by atoms with Gasteiger partial charge in [-0.05, 0) is 92.0 Å². The van der Waals surface area contributed by atoms with Crippen LogP contribution in [0.3, 0.4) is 0 Å². The second-order valence-electron chi connectivity index (χ2n) is 11.5. The quantitative estimate of drug-likeness (QED) is 0.182. The number of carbonyl (C=O) groups excluding carboxylic acids is 2. The van der Waals surface area contributed by atoms with Crippen molar-refractivity contribution < 1.29 is 14.3 Å². The van der Waals surface area contributed by atoms with Gasteiger partial charge in [-0.3, -0.25) is 14.5 Å². The highest BCUT2D eigenvalue weighted by Crippen LogP contribution is 2.38. The molecule has 0 saturated carbocycles. The molecule has 6 rings (SSSR count). The number of hydrogen-bond acceptors (Lipinski definition) is 5. The summed E-state index contributed by atoms with van der Waals surface area (Å²) in [5.41, 5.74) is 7.00. The topological polar surface area (TPSA) is 82.7 Å². The van der Waals surface area contributed by atoms with Gasteiger partial charge in [0, 0.05) is 29.0 Å². The molecule has 1 saturated heterocycles. The number of ether oxygens (including phenoxy) is 1. The number of amides is 2. The van der Waals surface area contributed by atoms with E-state index in [1.807, 2.05) is 61.5 Å². The van der Waals surface area contributed by atoms with E-state index in [9.17, 15) is 9.59 Å². The summed E-state index contributed by atoms with van der Waals surface area (Å²) >= 11 is 0. The fourth-order valence-electron chi connectivity index (χ4n) is 5.93. The molecule has 4 aromatic carbocycles. The highest BCUT2D eigenvalue weighted by molar-refractivity contribution is 6.37. The summed E-state index contributed by atoms with van der Waals surface area (Å²) in [5, 5.41) is 9.62. The van der Waals surface area contributed by atoms with Crippen LogP contribution in [0.2, 0.25) is 0 Å². The lowest BCUT2D eigenvalue weighted by Crippen LogP contribution is -2.29. The Morgan fingerprint density at radius 3 is 2.41 bits per heavy atom. The first kappa shape index (κ1) is 29.2. The first-order valence-corrected chi connectivity index (χ1v) is 15.3. The number of nitrogens with zero attached hydrogens (tertiary/aromatic N) is 1. The van der Waals surface area contributed by atoms with Gasteiger partial charge in [0.15, 0.2) is 0 Å². The number of likely N-dealkylation sites (tertiary alicyclic amines) is 1. The molecular weight excluding hydrogens is 548 g/mol. The van der Waals surface area contributed by atoms with Crippen molar-refractivity contribution in [3.8, 4) is 5.75 Å². The van der Waals surface area contributed by atoms with Crippen molar-refractivity contribution in [3.05, 3.63) is 125 Å². The van der Waals surface area contributed by atoms with E-state index < -0.39 is 0 Å². The van der Waals surface area contributed by atoms with Gasteiger partial charge in [0.2, 0.25) is 0 Å². The van der Waals surface area contributed by atoms with Crippen LogP contribution >= 0.6 is 0 Å². The molecule has 0 aliphatic carbocycles. The Balaban J connectivity index is 1.29. The molecule has 2 heterocycles. The fourth-order valence-corrected chi connectivity index (χ4v) is 5.93. The van der Waals surface area contributed by atoms with Gasteiger partial charge in [-0.25, -0.2) is 0 Å². The first-order chi connectivity index (χ1) is 21.5. The molecule has 7 nitrogen and oxygen atoms in total. The zero-order valence-electron chi connectivity index (χ0n) is 25.2. The molecule has 0 unspecified atom stereocenters. The van der Waals surface area contributed by atoms with Crippen molar-refractivity contribution in [1.82, 2.24) is 10.2 Å². The minimum Gasteiger partial charge on any atom is -0.497 e. The maximum absolute atomic E-state index is 13.5. The Hall–Kier alpha value is -4.88. The van der Waals surface area contributed by atoms with E-state index >= 15 is 0 Å². The molecule has 44 heavy (non-hydrogen) atoms. The predicted octanol–water partition coefficient (Wildman–Crippen LogP) is 7.10. The summed E-state index contributed by atoms with van der Waals surface area (Å²) in [7, 11) is 1.62. The summed E-state index contributed by atoms with van der Waals surface area (Å²) in [6.07, 6.45) is 3.85. The van der Waals surface area contributed by atoms with Gasteiger partial charge in [0.1, 0.15) is 5.75 Å². The van der Waals surface area contributed by atoms with Crippen LogP contribution in [0.25, 0.3) is 11.3 Å². The molecule has 0 radical (unpaired) electrons. The number of piperidine rings is 1. The monoisotopic (exact) mass is 586 g/mol. The van der Waals surface area contributed by atoms with E-state index in [1.54, 1.807) is 25.3 Å². The number of nitrogens with one attached hydrogen (secondary N) is 3. The van der Waals surface area contributed by atoms with Gasteiger partial charge in [0.05, 0.1) is 24.4 Å². The average Bonchev–Trinajstić information content (AvgIpc) is 3.39. The van der Waals surface area contributed by atoms with E-state index in [2.05, 4.69) is 45.1 Å². The van der Waals surface area contributed by atoms with Gasteiger partial charge in [-0.1, -0.05) is 61.0 Å². The summed E-state index contributed by atoms with van der Waals surface area (Å²) in [4.78, 5) is 29.4. The summed E-state index contributed by atoms with van der Waals surface area (Å²) < 4.78 is 5.34. The van der Waals surface area contributed by atoms with Crippen LogP contribution in [0.5, 0.6) is 5.75 Å². The van der Waals surface area contributed by atoms with Crippen LogP contribution in [0.4, 0.5) is 11.4 Å². The molecule has 1 fully saturated rings. The summed E-state index contributed by atoms with van der Waals surface area (Å²) in [5.74, 6) is 0.300. The van der Waals surface area contributed by atoms with Gasteiger partial charge in [-0.15, -0.1) is 0 Å². The third-order valence-electron chi connectivity index (χ3n) is 8.36. The maximum Gasteiger partial charge on any atom is 0.258 e. The minimum absolute atomic E-state index is 0.213. The summed E-state index contributed by atoms with van der Waals surface area (Å²) in [6, 6.07) is 31.0. The van der Waals surface area contributed by atoms with Gasteiger partial charge >= 0.3 is 0 Å². The van der Waals surface area contributed by atoms with E-state index in [1.165, 1.54) is 24.8 Å². The number of carbonyl (C=O) groups is 2. The fraction of sp³-hybridized carbons (Fsp3) is 0.243. The molecular formula is C37H38N4O3. The molecule has 224 valence electrons. The van der Waals surface area contributed by atoms with Crippen LogP contribution < -0.4 is 20.7 Å². The number of rotatable bonds is 9. The highest BCUT2D eigenvalue weighted by atomic mass is 16.5. The molecule has 4 aromatic rings. The smallest absolute Gasteiger partial charge is 0.258 e.